The van der Waals surface area contributed by atoms with Crippen LogP contribution in [-0.4, -0.2) is 34.1 Å². The van der Waals surface area contributed by atoms with Gasteiger partial charge in [-0.1, -0.05) is 31.4 Å². The van der Waals surface area contributed by atoms with Gasteiger partial charge in [0.25, 0.3) is 5.56 Å². The van der Waals surface area contributed by atoms with Gasteiger partial charge in [0, 0.05) is 12.1 Å². The van der Waals surface area contributed by atoms with Crippen LogP contribution in [0.1, 0.15) is 37.7 Å². The lowest BCUT2D eigenvalue weighted by Gasteiger charge is -2.43. The third-order valence-corrected chi connectivity index (χ3v) is 5.25. The summed E-state index contributed by atoms with van der Waals surface area (Å²) in [7, 11) is 4.27. The summed E-state index contributed by atoms with van der Waals surface area (Å²) in [6.07, 6.45) is 7.83. The molecule has 0 amide bonds. The van der Waals surface area contributed by atoms with Crippen LogP contribution in [0.15, 0.2) is 29.3 Å². The fraction of sp³-hybridized carbons (Fsp3) is 0.556. The minimum Gasteiger partial charge on any atom is -0.302 e. The van der Waals surface area contributed by atoms with Crippen LogP contribution in [0, 0.1) is 6.92 Å². The van der Waals surface area contributed by atoms with E-state index >= 15 is 0 Å². The van der Waals surface area contributed by atoms with E-state index in [1.54, 1.807) is 6.33 Å². The Hall–Kier alpha value is -1.68. The van der Waals surface area contributed by atoms with Crippen molar-refractivity contribution in [3.63, 3.8) is 0 Å². The fourth-order valence-electron chi connectivity index (χ4n) is 3.72. The Kier molecular flexibility index (Phi) is 4.04. The first-order valence-electron chi connectivity index (χ1n) is 8.16. The topological polar surface area (TPSA) is 38.1 Å². The second kappa shape index (κ2) is 5.84. The highest BCUT2D eigenvalue weighted by atomic mass is 16.1. The number of rotatable bonds is 3. The lowest BCUT2D eigenvalue weighted by Crippen LogP contribution is -2.50. The van der Waals surface area contributed by atoms with E-state index in [1.807, 2.05) is 29.7 Å². The first kappa shape index (κ1) is 15.2. The molecule has 2 aromatic rings. The molecule has 0 N–H and O–H groups in total. The zero-order valence-electron chi connectivity index (χ0n) is 13.8. The summed E-state index contributed by atoms with van der Waals surface area (Å²) in [5, 5.41) is 0.729. The van der Waals surface area contributed by atoms with Crippen LogP contribution in [0.5, 0.6) is 0 Å². The third-order valence-electron chi connectivity index (χ3n) is 5.25. The molecule has 1 fully saturated rings. The highest BCUT2D eigenvalue weighted by molar-refractivity contribution is 5.80. The Morgan fingerprint density at radius 2 is 1.95 bits per heavy atom. The number of fused-ring (bicyclic) bond motifs is 1. The first-order valence-corrected chi connectivity index (χ1v) is 8.16. The van der Waals surface area contributed by atoms with Crippen molar-refractivity contribution >= 4 is 10.9 Å². The summed E-state index contributed by atoms with van der Waals surface area (Å²) >= 11 is 0. The van der Waals surface area contributed by atoms with E-state index in [0.29, 0.717) is 0 Å². The number of likely N-dealkylation sites (N-methyl/N-ethyl adjacent to an activating group) is 1. The number of nitrogens with zero attached hydrogens (tertiary/aromatic N) is 3. The molecule has 0 spiro atoms. The number of hydrogen-bond acceptors (Lipinski definition) is 3. The maximum absolute atomic E-state index is 12.8. The molecule has 1 aromatic heterocycles. The van der Waals surface area contributed by atoms with E-state index in [2.05, 4.69) is 24.0 Å². The van der Waals surface area contributed by atoms with Gasteiger partial charge in [0.05, 0.1) is 17.2 Å². The summed E-state index contributed by atoms with van der Waals surface area (Å²) in [6.45, 7) is 2.73. The normalized spacial score (nSPS) is 18.0. The van der Waals surface area contributed by atoms with Crippen LogP contribution >= 0.6 is 0 Å². The molecule has 1 saturated carbocycles. The van der Waals surface area contributed by atoms with Gasteiger partial charge in [0.15, 0.2) is 0 Å². The molecule has 1 heterocycles. The summed E-state index contributed by atoms with van der Waals surface area (Å²) in [5.41, 5.74) is 2.05. The summed E-state index contributed by atoms with van der Waals surface area (Å²) < 4.78 is 1.81. The average Bonchev–Trinajstić information content (AvgIpc) is 2.51. The van der Waals surface area contributed by atoms with Crippen LogP contribution in [0.2, 0.25) is 0 Å². The van der Waals surface area contributed by atoms with E-state index in [1.165, 1.54) is 19.3 Å². The minimum atomic E-state index is 0.0838. The molecule has 4 heteroatoms. The van der Waals surface area contributed by atoms with E-state index in [0.717, 1.165) is 35.9 Å². The van der Waals surface area contributed by atoms with Crippen molar-refractivity contribution in [2.24, 2.45) is 0 Å². The number of aryl methyl sites for hydroxylation is 1. The third kappa shape index (κ3) is 2.56. The number of benzene rings is 1. The van der Waals surface area contributed by atoms with Gasteiger partial charge in [0.2, 0.25) is 0 Å². The second-order valence-corrected chi connectivity index (χ2v) is 6.83. The Labute approximate surface area is 131 Å². The second-order valence-electron chi connectivity index (χ2n) is 6.83. The highest BCUT2D eigenvalue weighted by Gasteiger charge is 2.34. The van der Waals surface area contributed by atoms with Crippen LogP contribution in [0.25, 0.3) is 10.9 Å². The smallest absolute Gasteiger partial charge is 0.261 e. The quantitative estimate of drug-likeness (QED) is 0.874. The maximum Gasteiger partial charge on any atom is 0.261 e. The zero-order valence-corrected chi connectivity index (χ0v) is 13.8. The Bertz CT molecular complexity index is 727. The van der Waals surface area contributed by atoms with Gasteiger partial charge in [-0.2, -0.15) is 0 Å². The van der Waals surface area contributed by atoms with Crippen molar-refractivity contribution in [3.8, 4) is 0 Å². The van der Waals surface area contributed by atoms with E-state index < -0.39 is 0 Å². The van der Waals surface area contributed by atoms with Crippen molar-refractivity contribution in [3.05, 3.63) is 40.4 Å². The van der Waals surface area contributed by atoms with E-state index in [4.69, 9.17) is 0 Å². The van der Waals surface area contributed by atoms with Crippen LogP contribution in [-0.2, 0) is 6.54 Å². The highest BCUT2D eigenvalue weighted by Crippen LogP contribution is 2.33. The SMILES string of the molecule is Cc1cccc2c(=O)n(CC3(N(C)C)CCCCC3)cnc12. The zero-order chi connectivity index (χ0) is 15.7. The molecule has 118 valence electrons. The van der Waals surface area contributed by atoms with Crippen LogP contribution < -0.4 is 5.56 Å². The van der Waals surface area contributed by atoms with Gasteiger partial charge in [-0.15, -0.1) is 0 Å². The molecule has 1 aliphatic rings. The average molecular weight is 299 g/mol. The summed E-state index contributed by atoms with van der Waals surface area (Å²) in [5.74, 6) is 0. The number of hydrogen-bond donors (Lipinski definition) is 0. The van der Waals surface area contributed by atoms with E-state index in [9.17, 15) is 4.79 Å². The molecule has 0 unspecified atom stereocenters. The maximum atomic E-state index is 12.8. The van der Waals surface area contributed by atoms with Gasteiger partial charge in [-0.05, 0) is 45.5 Å². The largest absolute Gasteiger partial charge is 0.302 e. The molecule has 1 aromatic carbocycles. The molecule has 22 heavy (non-hydrogen) atoms. The number of aromatic nitrogens is 2. The molecule has 0 aliphatic heterocycles. The summed E-state index contributed by atoms with van der Waals surface area (Å²) in [6, 6.07) is 5.83. The Balaban J connectivity index is 2.03. The van der Waals surface area contributed by atoms with Gasteiger partial charge in [0.1, 0.15) is 0 Å². The van der Waals surface area contributed by atoms with Crippen LogP contribution in [0.4, 0.5) is 0 Å². The monoisotopic (exact) mass is 299 g/mol. The van der Waals surface area contributed by atoms with Gasteiger partial charge in [-0.25, -0.2) is 4.98 Å². The predicted molar refractivity (Wildman–Crippen MR) is 90.2 cm³/mol. The van der Waals surface area contributed by atoms with Crippen molar-refractivity contribution in [2.75, 3.05) is 14.1 Å². The molecular formula is C18H25N3O. The number of para-hydroxylation sites is 1. The molecule has 3 rings (SSSR count). The Morgan fingerprint density at radius 3 is 2.64 bits per heavy atom. The molecule has 0 atom stereocenters. The molecule has 0 bridgehead atoms. The Morgan fingerprint density at radius 1 is 1.23 bits per heavy atom. The molecule has 0 saturated heterocycles. The van der Waals surface area contributed by atoms with Crippen LogP contribution in [0.3, 0.4) is 0 Å². The van der Waals surface area contributed by atoms with Gasteiger partial charge < -0.3 is 4.90 Å². The molecule has 0 radical (unpaired) electrons. The summed E-state index contributed by atoms with van der Waals surface area (Å²) in [4.78, 5) is 19.7. The predicted octanol–water partition coefficient (Wildman–Crippen LogP) is 2.97. The van der Waals surface area contributed by atoms with Crippen molar-refractivity contribution in [2.45, 2.75) is 51.1 Å². The lowest BCUT2D eigenvalue weighted by atomic mass is 9.80. The van der Waals surface area contributed by atoms with Gasteiger partial charge in [-0.3, -0.25) is 9.36 Å². The van der Waals surface area contributed by atoms with Crippen molar-refractivity contribution in [1.29, 1.82) is 0 Å². The lowest BCUT2D eigenvalue weighted by molar-refractivity contribution is 0.0795. The first-order chi connectivity index (χ1) is 10.5. The molecule has 4 nitrogen and oxygen atoms in total. The molecular weight excluding hydrogens is 274 g/mol. The molecule has 1 aliphatic carbocycles. The van der Waals surface area contributed by atoms with Gasteiger partial charge >= 0.3 is 0 Å². The van der Waals surface area contributed by atoms with E-state index in [-0.39, 0.29) is 11.1 Å². The standard InChI is InChI=1S/C18H25N3O/c1-14-8-7-9-15-16(14)19-13-21(17(15)22)12-18(20(2)3)10-5-4-6-11-18/h7-9,13H,4-6,10-12H2,1-3H3. The fourth-order valence-corrected chi connectivity index (χ4v) is 3.72. The van der Waals surface area contributed by atoms with Crippen molar-refractivity contribution < 1.29 is 0 Å². The van der Waals surface area contributed by atoms with Crippen molar-refractivity contribution in [1.82, 2.24) is 14.5 Å². The minimum absolute atomic E-state index is 0.0838.